The summed E-state index contributed by atoms with van der Waals surface area (Å²) in [5, 5.41) is 3.44. The highest BCUT2D eigenvalue weighted by atomic mass is 15.2. The Kier molecular flexibility index (Phi) is 3.91. The molecule has 1 aromatic heterocycles. The first-order valence-corrected chi connectivity index (χ1v) is 6.19. The zero-order valence-corrected chi connectivity index (χ0v) is 10.2. The fourth-order valence-corrected chi connectivity index (χ4v) is 2.60. The van der Waals surface area contributed by atoms with Gasteiger partial charge in [-0.3, -0.25) is 9.88 Å². The van der Waals surface area contributed by atoms with Gasteiger partial charge in [-0.25, -0.2) is 0 Å². The van der Waals surface area contributed by atoms with Crippen molar-refractivity contribution in [2.45, 2.75) is 32.4 Å². The van der Waals surface area contributed by atoms with Crippen LogP contribution in [0.1, 0.15) is 31.9 Å². The van der Waals surface area contributed by atoms with Crippen LogP contribution in [0.3, 0.4) is 0 Å². The lowest BCUT2D eigenvalue weighted by Gasteiger charge is -2.33. The minimum atomic E-state index is 0.484. The molecule has 3 heteroatoms. The van der Waals surface area contributed by atoms with Crippen molar-refractivity contribution in [3.63, 3.8) is 0 Å². The van der Waals surface area contributed by atoms with E-state index >= 15 is 0 Å². The van der Waals surface area contributed by atoms with Crippen LogP contribution >= 0.6 is 0 Å². The van der Waals surface area contributed by atoms with Crippen molar-refractivity contribution in [3.05, 3.63) is 30.1 Å². The molecule has 1 N–H and O–H groups in total. The number of nitrogens with one attached hydrogen (secondary N) is 1. The van der Waals surface area contributed by atoms with E-state index in [0.717, 1.165) is 19.6 Å². The van der Waals surface area contributed by atoms with E-state index in [-0.39, 0.29) is 0 Å². The topological polar surface area (TPSA) is 28.2 Å². The van der Waals surface area contributed by atoms with Gasteiger partial charge in [0.25, 0.3) is 0 Å². The Morgan fingerprint density at radius 3 is 2.81 bits per heavy atom. The fraction of sp³-hybridized carbons (Fsp3) is 0.615. The van der Waals surface area contributed by atoms with Gasteiger partial charge >= 0.3 is 0 Å². The first-order chi connectivity index (χ1) is 7.83. The van der Waals surface area contributed by atoms with Gasteiger partial charge in [0.05, 0.1) is 0 Å². The number of aromatic nitrogens is 1. The van der Waals surface area contributed by atoms with Gasteiger partial charge in [0.15, 0.2) is 0 Å². The van der Waals surface area contributed by atoms with Gasteiger partial charge in [-0.05, 0) is 44.1 Å². The predicted molar refractivity (Wildman–Crippen MR) is 66.3 cm³/mol. The highest BCUT2D eigenvalue weighted by Gasteiger charge is 2.25. The molecule has 3 nitrogen and oxygen atoms in total. The summed E-state index contributed by atoms with van der Waals surface area (Å²) in [5.74, 6) is 0. The monoisotopic (exact) mass is 219 g/mol. The Morgan fingerprint density at radius 1 is 1.50 bits per heavy atom. The highest BCUT2D eigenvalue weighted by Crippen LogP contribution is 2.23. The van der Waals surface area contributed by atoms with E-state index in [1.165, 1.54) is 12.0 Å². The fourth-order valence-electron chi connectivity index (χ4n) is 2.60. The van der Waals surface area contributed by atoms with Crippen LogP contribution in [-0.4, -0.2) is 35.6 Å². The molecule has 1 aromatic rings. The molecule has 0 saturated carbocycles. The molecule has 16 heavy (non-hydrogen) atoms. The third-order valence-electron chi connectivity index (χ3n) is 3.55. The molecule has 1 aliphatic rings. The maximum atomic E-state index is 4.08. The maximum Gasteiger partial charge on any atom is 0.0324 e. The van der Waals surface area contributed by atoms with Crippen molar-refractivity contribution >= 4 is 0 Å². The number of nitrogens with zero attached hydrogens (tertiary/aromatic N) is 2. The Bertz CT molecular complexity index is 306. The van der Waals surface area contributed by atoms with E-state index in [9.17, 15) is 0 Å². The first-order valence-electron chi connectivity index (χ1n) is 6.19. The summed E-state index contributed by atoms with van der Waals surface area (Å²) in [6, 6.07) is 5.41. The molecule has 2 heterocycles. The molecule has 1 aliphatic heterocycles. The van der Waals surface area contributed by atoms with Crippen LogP contribution in [0, 0.1) is 0 Å². The van der Waals surface area contributed by atoms with Crippen molar-refractivity contribution in [2.24, 2.45) is 0 Å². The molecule has 0 spiro atoms. The van der Waals surface area contributed by atoms with Crippen molar-refractivity contribution < 1.29 is 0 Å². The Morgan fingerprint density at radius 2 is 2.25 bits per heavy atom. The van der Waals surface area contributed by atoms with Crippen LogP contribution in [-0.2, 0) is 0 Å². The zero-order valence-electron chi connectivity index (χ0n) is 10.2. The number of likely N-dealkylation sites (N-methyl/N-ethyl adjacent to an activating group) is 1. The molecule has 2 rings (SSSR count). The average Bonchev–Trinajstić information content (AvgIpc) is 2.85. The number of hydrogen-bond donors (Lipinski definition) is 1. The van der Waals surface area contributed by atoms with Crippen molar-refractivity contribution in [2.75, 3.05) is 19.6 Å². The minimum absolute atomic E-state index is 0.484. The van der Waals surface area contributed by atoms with Gasteiger partial charge in [-0.1, -0.05) is 6.92 Å². The summed E-state index contributed by atoms with van der Waals surface area (Å²) in [7, 11) is 0. The Labute approximate surface area is 97.9 Å². The molecule has 0 aromatic carbocycles. The van der Waals surface area contributed by atoms with Crippen LogP contribution in [0.2, 0.25) is 0 Å². The molecule has 2 atom stereocenters. The summed E-state index contributed by atoms with van der Waals surface area (Å²) < 4.78 is 0. The highest BCUT2D eigenvalue weighted by molar-refractivity contribution is 5.14. The zero-order chi connectivity index (χ0) is 11.4. The standard InChI is InChI=1S/C13H21N3/c1-3-16(13-6-9-15-10-13)11(2)12-4-7-14-8-5-12/h4-5,7-8,11,13,15H,3,6,9-10H2,1-2H3. The predicted octanol–water partition coefficient (Wildman–Crippen LogP) is 1.83. The molecule has 0 aliphatic carbocycles. The third-order valence-corrected chi connectivity index (χ3v) is 3.55. The second-order valence-corrected chi connectivity index (χ2v) is 4.43. The maximum absolute atomic E-state index is 4.08. The lowest BCUT2D eigenvalue weighted by molar-refractivity contribution is 0.162. The first kappa shape index (κ1) is 11.6. The second kappa shape index (κ2) is 5.41. The van der Waals surface area contributed by atoms with E-state index < -0.39 is 0 Å². The van der Waals surface area contributed by atoms with Gasteiger partial charge in [0.1, 0.15) is 0 Å². The number of rotatable bonds is 4. The van der Waals surface area contributed by atoms with E-state index in [2.05, 4.69) is 41.2 Å². The normalized spacial score (nSPS) is 22.6. The Balaban J connectivity index is 2.08. The van der Waals surface area contributed by atoms with Gasteiger partial charge in [-0.15, -0.1) is 0 Å². The largest absolute Gasteiger partial charge is 0.315 e. The van der Waals surface area contributed by atoms with Crippen molar-refractivity contribution in [1.29, 1.82) is 0 Å². The van der Waals surface area contributed by atoms with Crippen LogP contribution < -0.4 is 5.32 Å². The summed E-state index contributed by atoms with van der Waals surface area (Å²) in [4.78, 5) is 6.66. The summed E-state index contributed by atoms with van der Waals surface area (Å²) in [6.07, 6.45) is 5.03. The van der Waals surface area contributed by atoms with Crippen molar-refractivity contribution in [3.8, 4) is 0 Å². The smallest absolute Gasteiger partial charge is 0.0324 e. The summed E-state index contributed by atoms with van der Waals surface area (Å²) in [5.41, 5.74) is 1.36. The number of pyridine rings is 1. The average molecular weight is 219 g/mol. The van der Waals surface area contributed by atoms with Gasteiger partial charge in [0, 0.05) is 31.0 Å². The van der Waals surface area contributed by atoms with Crippen LogP contribution in [0.25, 0.3) is 0 Å². The molecular formula is C13H21N3. The van der Waals surface area contributed by atoms with Crippen LogP contribution in [0.15, 0.2) is 24.5 Å². The minimum Gasteiger partial charge on any atom is -0.315 e. The molecule has 88 valence electrons. The van der Waals surface area contributed by atoms with Gasteiger partial charge < -0.3 is 5.32 Å². The summed E-state index contributed by atoms with van der Waals surface area (Å²) >= 11 is 0. The molecule has 0 radical (unpaired) electrons. The molecule has 0 amide bonds. The molecule has 0 bridgehead atoms. The van der Waals surface area contributed by atoms with Crippen molar-refractivity contribution in [1.82, 2.24) is 15.2 Å². The van der Waals surface area contributed by atoms with Gasteiger partial charge in [-0.2, -0.15) is 0 Å². The molecule has 2 unspecified atom stereocenters. The second-order valence-electron chi connectivity index (χ2n) is 4.43. The molecule has 1 fully saturated rings. The van der Waals surface area contributed by atoms with E-state index in [1.54, 1.807) is 0 Å². The van der Waals surface area contributed by atoms with Crippen LogP contribution in [0.5, 0.6) is 0 Å². The van der Waals surface area contributed by atoms with E-state index in [1.807, 2.05) is 12.4 Å². The summed E-state index contributed by atoms with van der Waals surface area (Å²) in [6.45, 7) is 7.93. The Hall–Kier alpha value is -0.930. The third kappa shape index (κ3) is 2.42. The lowest BCUT2D eigenvalue weighted by atomic mass is 10.1. The van der Waals surface area contributed by atoms with E-state index in [0.29, 0.717) is 12.1 Å². The molecular weight excluding hydrogens is 198 g/mol. The van der Waals surface area contributed by atoms with Gasteiger partial charge in [0.2, 0.25) is 0 Å². The molecule has 1 saturated heterocycles. The SMILES string of the molecule is CCN(C1CCNC1)C(C)c1ccncc1. The number of hydrogen-bond acceptors (Lipinski definition) is 3. The quantitative estimate of drug-likeness (QED) is 0.837. The van der Waals surface area contributed by atoms with Crippen LogP contribution in [0.4, 0.5) is 0 Å². The lowest BCUT2D eigenvalue weighted by Crippen LogP contribution is -2.38. The van der Waals surface area contributed by atoms with E-state index in [4.69, 9.17) is 0 Å².